The summed E-state index contributed by atoms with van der Waals surface area (Å²) in [6, 6.07) is 6.20. The molecule has 2 aliphatic heterocycles. The molecule has 0 aromatic heterocycles. The predicted molar refractivity (Wildman–Crippen MR) is 77.3 cm³/mol. The van der Waals surface area contributed by atoms with Crippen LogP contribution in [0.2, 0.25) is 0 Å². The van der Waals surface area contributed by atoms with E-state index in [0.717, 1.165) is 36.6 Å². The SMILES string of the molecule is COc1ccc2c(c1)[C@@H](O)CC1(CCN(C(C)C)C1)O2. The van der Waals surface area contributed by atoms with Crippen LogP contribution in [0.1, 0.15) is 38.4 Å². The Hall–Kier alpha value is -1.26. The number of rotatable bonds is 2. The van der Waals surface area contributed by atoms with E-state index >= 15 is 0 Å². The van der Waals surface area contributed by atoms with Gasteiger partial charge in [-0.1, -0.05) is 0 Å². The second-order valence-corrected chi connectivity index (χ2v) is 6.22. The van der Waals surface area contributed by atoms with Gasteiger partial charge in [-0.2, -0.15) is 0 Å². The third-order valence-electron chi connectivity index (χ3n) is 4.54. The standard InChI is InChI=1S/C16H23NO3/c1-11(2)17-7-6-16(10-17)9-14(18)13-8-12(19-3)4-5-15(13)20-16/h4-5,8,11,14,18H,6-7,9-10H2,1-3H3/t14-,16?/m0/s1. The lowest BCUT2D eigenvalue weighted by Gasteiger charge is -2.38. The van der Waals surface area contributed by atoms with Crippen LogP contribution in [0.15, 0.2) is 18.2 Å². The van der Waals surface area contributed by atoms with Gasteiger partial charge >= 0.3 is 0 Å². The van der Waals surface area contributed by atoms with Crippen molar-refractivity contribution in [3.05, 3.63) is 23.8 Å². The van der Waals surface area contributed by atoms with Crippen molar-refractivity contribution in [2.45, 2.75) is 44.4 Å². The quantitative estimate of drug-likeness (QED) is 0.901. The van der Waals surface area contributed by atoms with Crippen molar-refractivity contribution in [3.63, 3.8) is 0 Å². The molecule has 20 heavy (non-hydrogen) atoms. The van der Waals surface area contributed by atoms with E-state index in [-0.39, 0.29) is 5.60 Å². The first-order valence-corrected chi connectivity index (χ1v) is 7.32. The highest BCUT2D eigenvalue weighted by atomic mass is 16.5. The average Bonchev–Trinajstić information content (AvgIpc) is 2.82. The van der Waals surface area contributed by atoms with Crippen molar-refractivity contribution < 1.29 is 14.6 Å². The number of methoxy groups -OCH3 is 1. The highest BCUT2D eigenvalue weighted by Gasteiger charge is 2.46. The molecule has 0 aliphatic carbocycles. The molecular formula is C16H23NO3. The lowest BCUT2D eigenvalue weighted by Crippen LogP contribution is -2.44. The number of aliphatic hydroxyl groups excluding tert-OH is 1. The van der Waals surface area contributed by atoms with E-state index in [9.17, 15) is 5.11 Å². The van der Waals surface area contributed by atoms with E-state index < -0.39 is 6.10 Å². The van der Waals surface area contributed by atoms with E-state index in [1.807, 2.05) is 18.2 Å². The lowest BCUT2D eigenvalue weighted by molar-refractivity contribution is -0.00903. The zero-order valence-corrected chi connectivity index (χ0v) is 12.4. The van der Waals surface area contributed by atoms with Crippen LogP contribution >= 0.6 is 0 Å². The van der Waals surface area contributed by atoms with E-state index in [1.54, 1.807) is 7.11 Å². The molecule has 0 bridgehead atoms. The largest absolute Gasteiger partial charge is 0.497 e. The van der Waals surface area contributed by atoms with Gasteiger partial charge in [-0.3, -0.25) is 4.90 Å². The molecule has 1 aromatic carbocycles. The second kappa shape index (κ2) is 4.93. The number of fused-ring (bicyclic) bond motifs is 1. The van der Waals surface area contributed by atoms with Crippen LogP contribution in [0, 0.1) is 0 Å². The Labute approximate surface area is 120 Å². The van der Waals surface area contributed by atoms with Gasteiger partial charge in [-0.15, -0.1) is 0 Å². The number of hydrogen-bond acceptors (Lipinski definition) is 4. The molecule has 1 spiro atoms. The Bertz CT molecular complexity index is 502. The first-order valence-electron chi connectivity index (χ1n) is 7.32. The normalized spacial score (nSPS) is 29.6. The van der Waals surface area contributed by atoms with Crippen molar-refractivity contribution in [3.8, 4) is 11.5 Å². The maximum Gasteiger partial charge on any atom is 0.126 e. The summed E-state index contributed by atoms with van der Waals surface area (Å²) in [7, 11) is 1.64. The molecule has 1 aromatic rings. The van der Waals surface area contributed by atoms with Gasteiger partial charge < -0.3 is 14.6 Å². The fraction of sp³-hybridized carbons (Fsp3) is 0.625. The van der Waals surface area contributed by atoms with Gasteiger partial charge in [0.1, 0.15) is 17.1 Å². The first-order chi connectivity index (χ1) is 9.53. The molecule has 1 saturated heterocycles. The van der Waals surface area contributed by atoms with Crippen LogP contribution in [0.3, 0.4) is 0 Å². The summed E-state index contributed by atoms with van der Waals surface area (Å²) in [6.45, 7) is 6.34. The molecule has 3 rings (SSSR count). The summed E-state index contributed by atoms with van der Waals surface area (Å²) in [6.07, 6.45) is 1.17. The Morgan fingerprint density at radius 3 is 2.90 bits per heavy atom. The van der Waals surface area contributed by atoms with Crippen LogP contribution in [-0.4, -0.2) is 41.8 Å². The number of likely N-dealkylation sites (tertiary alicyclic amines) is 1. The minimum absolute atomic E-state index is 0.231. The van der Waals surface area contributed by atoms with Crippen molar-refractivity contribution >= 4 is 0 Å². The topological polar surface area (TPSA) is 41.9 Å². The van der Waals surface area contributed by atoms with Crippen molar-refractivity contribution in [1.82, 2.24) is 4.90 Å². The molecule has 0 saturated carbocycles. The van der Waals surface area contributed by atoms with Gasteiger partial charge in [0.05, 0.1) is 13.2 Å². The molecule has 4 nitrogen and oxygen atoms in total. The highest BCUT2D eigenvalue weighted by Crippen LogP contribution is 2.45. The molecule has 0 radical (unpaired) electrons. The van der Waals surface area contributed by atoms with Crippen molar-refractivity contribution in [1.29, 1.82) is 0 Å². The molecule has 1 unspecified atom stereocenters. The predicted octanol–water partition coefficient (Wildman–Crippen LogP) is 2.36. The van der Waals surface area contributed by atoms with Gasteiger partial charge in [-0.25, -0.2) is 0 Å². The number of aliphatic hydroxyl groups is 1. The van der Waals surface area contributed by atoms with Crippen LogP contribution in [0.4, 0.5) is 0 Å². The Morgan fingerprint density at radius 1 is 1.45 bits per heavy atom. The molecule has 1 N–H and O–H groups in total. The third kappa shape index (κ3) is 2.27. The van der Waals surface area contributed by atoms with E-state index in [0.29, 0.717) is 12.5 Å². The van der Waals surface area contributed by atoms with E-state index in [2.05, 4.69) is 18.7 Å². The van der Waals surface area contributed by atoms with E-state index in [4.69, 9.17) is 9.47 Å². The molecule has 2 aliphatic rings. The fourth-order valence-corrected chi connectivity index (χ4v) is 3.31. The van der Waals surface area contributed by atoms with Gasteiger partial charge in [0.15, 0.2) is 0 Å². The molecule has 110 valence electrons. The van der Waals surface area contributed by atoms with Gasteiger partial charge in [-0.05, 0) is 32.0 Å². The summed E-state index contributed by atoms with van der Waals surface area (Å²) < 4.78 is 11.5. The van der Waals surface area contributed by atoms with Crippen molar-refractivity contribution in [2.75, 3.05) is 20.2 Å². The van der Waals surface area contributed by atoms with Crippen molar-refractivity contribution in [2.24, 2.45) is 0 Å². The van der Waals surface area contributed by atoms with Gasteiger partial charge in [0, 0.05) is 37.5 Å². The summed E-state index contributed by atoms with van der Waals surface area (Å²) in [4.78, 5) is 2.42. The Balaban J connectivity index is 1.86. The molecular weight excluding hydrogens is 254 g/mol. The smallest absolute Gasteiger partial charge is 0.126 e. The third-order valence-corrected chi connectivity index (χ3v) is 4.54. The maximum absolute atomic E-state index is 10.5. The highest BCUT2D eigenvalue weighted by molar-refractivity contribution is 5.44. The molecule has 2 atom stereocenters. The van der Waals surface area contributed by atoms with Crippen LogP contribution in [-0.2, 0) is 0 Å². The zero-order chi connectivity index (χ0) is 14.3. The van der Waals surface area contributed by atoms with Crippen LogP contribution < -0.4 is 9.47 Å². The zero-order valence-electron chi connectivity index (χ0n) is 12.4. The fourth-order valence-electron chi connectivity index (χ4n) is 3.31. The lowest BCUT2D eigenvalue weighted by atomic mass is 9.88. The minimum atomic E-state index is -0.471. The van der Waals surface area contributed by atoms with Crippen LogP contribution in [0.25, 0.3) is 0 Å². The summed E-state index contributed by atoms with van der Waals surface area (Å²) in [5, 5.41) is 10.5. The maximum atomic E-state index is 10.5. The average molecular weight is 277 g/mol. The molecule has 4 heteroatoms. The summed E-state index contributed by atoms with van der Waals surface area (Å²) >= 11 is 0. The number of nitrogens with zero attached hydrogens (tertiary/aromatic N) is 1. The molecule has 2 heterocycles. The number of ether oxygens (including phenoxy) is 2. The summed E-state index contributed by atoms with van der Waals surface area (Å²) in [5.74, 6) is 1.56. The Morgan fingerprint density at radius 2 is 2.25 bits per heavy atom. The first kappa shape index (κ1) is 13.7. The monoisotopic (exact) mass is 277 g/mol. The number of benzene rings is 1. The number of hydrogen-bond donors (Lipinski definition) is 1. The molecule has 1 fully saturated rings. The van der Waals surface area contributed by atoms with Gasteiger partial charge in [0.2, 0.25) is 0 Å². The minimum Gasteiger partial charge on any atom is -0.497 e. The Kier molecular flexibility index (Phi) is 3.38. The van der Waals surface area contributed by atoms with Crippen LogP contribution in [0.5, 0.6) is 11.5 Å². The van der Waals surface area contributed by atoms with E-state index in [1.165, 1.54) is 0 Å². The van der Waals surface area contributed by atoms with Gasteiger partial charge in [0.25, 0.3) is 0 Å². The molecule has 0 amide bonds. The second-order valence-electron chi connectivity index (χ2n) is 6.22. The summed E-state index contributed by atoms with van der Waals surface area (Å²) in [5.41, 5.74) is 0.614.